The van der Waals surface area contributed by atoms with Crippen LogP contribution in [0.25, 0.3) is 0 Å². The second-order valence-electron chi connectivity index (χ2n) is 3.63. The van der Waals surface area contributed by atoms with Crippen LogP contribution in [0.5, 0.6) is 0 Å². The van der Waals surface area contributed by atoms with Gasteiger partial charge in [-0.05, 0) is 34.3 Å². The second kappa shape index (κ2) is 4.63. The first-order valence-corrected chi connectivity index (χ1v) is 6.59. The van der Waals surface area contributed by atoms with E-state index in [9.17, 15) is 4.79 Å². The van der Waals surface area contributed by atoms with Gasteiger partial charge in [-0.2, -0.15) is 0 Å². The topological polar surface area (TPSA) is 32.3 Å². The lowest BCUT2D eigenvalue weighted by Gasteiger charge is -2.32. The van der Waals surface area contributed by atoms with Crippen LogP contribution < -0.4 is 5.32 Å². The molecule has 82 valence electrons. The number of piperazine rings is 1. The Labute approximate surface area is 102 Å². The maximum Gasteiger partial charge on any atom is 0.237 e. The highest BCUT2D eigenvalue weighted by atomic mass is 79.9. The summed E-state index contributed by atoms with van der Waals surface area (Å²) in [7, 11) is 0. The first-order valence-electron chi connectivity index (χ1n) is 4.92. The van der Waals surface area contributed by atoms with Gasteiger partial charge in [-0.25, -0.2) is 0 Å². The SMILES string of the molecule is CC1C(=O)NCCN1Cc1sccc1Br. The van der Waals surface area contributed by atoms with Crippen LogP contribution >= 0.6 is 27.3 Å². The number of amides is 1. The van der Waals surface area contributed by atoms with Crippen LogP contribution in [0.4, 0.5) is 0 Å². The van der Waals surface area contributed by atoms with E-state index < -0.39 is 0 Å². The fraction of sp³-hybridized carbons (Fsp3) is 0.500. The van der Waals surface area contributed by atoms with Gasteiger partial charge in [0, 0.05) is 29.0 Å². The molecule has 3 nitrogen and oxygen atoms in total. The third-order valence-electron chi connectivity index (χ3n) is 2.66. The van der Waals surface area contributed by atoms with Crippen LogP contribution in [0.1, 0.15) is 11.8 Å². The van der Waals surface area contributed by atoms with E-state index in [2.05, 4.69) is 37.6 Å². The van der Waals surface area contributed by atoms with Crippen molar-refractivity contribution in [3.05, 3.63) is 20.8 Å². The minimum atomic E-state index is -0.0206. The quantitative estimate of drug-likeness (QED) is 0.901. The lowest BCUT2D eigenvalue weighted by molar-refractivity contribution is -0.128. The number of carbonyl (C=O) groups is 1. The highest BCUT2D eigenvalue weighted by molar-refractivity contribution is 9.10. The molecule has 0 aromatic carbocycles. The van der Waals surface area contributed by atoms with Gasteiger partial charge in [0.1, 0.15) is 0 Å². The zero-order chi connectivity index (χ0) is 10.8. The molecule has 0 spiro atoms. The average Bonchev–Trinajstić information content (AvgIpc) is 2.60. The molecule has 1 N–H and O–H groups in total. The maximum absolute atomic E-state index is 11.5. The number of hydrogen-bond acceptors (Lipinski definition) is 3. The number of halogens is 1. The van der Waals surface area contributed by atoms with Gasteiger partial charge >= 0.3 is 0 Å². The Morgan fingerprint density at radius 2 is 2.53 bits per heavy atom. The minimum absolute atomic E-state index is 0.0206. The predicted molar refractivity (Wildman–Crippen MR) is 64.9 cm³/mol. The Morgan fingerprint density at radius 1 is 1.73 bits per heavy atom. The van der Waals surface area contributed by atoms with Gasteiger partial charge in [0.25, 0.3) is 0 Å². The van der Waals surface area contributed by atoms with Gasteiger partial charge in [0.05, 0.1) is 6.04 Å². The second-order valence-corrected chi connectivity index (χ2v) is 5.48. The summed E-state index contributed by atoms with van der Waals surface area (Å²) in [5.41, 5.74) is 0. The maximum atomic E-state index is 11.5. The van der Waals surface area contributed by atoms with Crippen LogP contribution in [0.2, 0.25) is 0 Å². The van der Waals surface area contributed by atoms with Gasteiger partial charge in [0.2, 0.25) is 5.91 Å². The Hall–Kier alpha value is -0.390. The molecular weight excluding hydrogens is 276 g/mol. The van der Waals surface area contributed by atoms with Gasteiger partial charge in [-0.15, -0.1) is 11.3 Å². The van der Waals surface area contributed by atoms with Crippen molar-refractivity contribution in [1.82, 2.24) is 10.2 Å². The van der Waals surface area contributed by atoms with Crippen molar-refractivity contribution in [2.24, 2.45) is 0 Å². The first kappa shape index (κ1) is 11.1. The Morgan fingerprint density at radius 3 is 3.20 bits per heavy atom. The fourth-order valence-electron chi connectivity index (χ4n) is 1.67. The smallest absolute Gasteiger partial charge is 0.237 e. The molecule has 2 rings (SSSR count). The van der Waals surface area contributed by atoms with Crippen molar-refractivity contribution in [3.63, 3.8) is 0 Å². The lowest BCUT2D eigenvalue weighted by Crippen LogP contribution is -2.53. The standard InChI is InChI=1S/C10H13BrN2OS/c1-7-10(14)12-3-4-13(7)6-9-8(11)2-5-15-9/h2,5,7H,3-4,6H2,1H3,(H,12,14). The van der Waals surface area contributed by atoms with Crippen molar-refractivity contribution in [2.75, 3.05) is 13.1 Å². The third kappa shape index (κ3) is 2.41. The van der Waals surface area contributed by atoms with E-state index in [1.54, 1.807) is 11.3 Å². The molecule has 1 aromatic rings. The first-order chi connectivity index (χ1) is 7.18. The molecule has 1 aliphatic rings. The van der Waals surface area contributed by atoms with Crippen LogP contribution in [-0.2, 0) is 11.3 Å². The Bertz CT molecular complexity index is 366. The van der Waals surface area contributed by atoms with E-state index in [1.807, 2.05) is 6.92 Å². The third-order valence-corrected chi connectivity index (χ3v) is 4.57. The molecule has 1 unspecified atom stereocenters. The lowest BCUT2D eigenvalue weighted by atomic mass is 10.2. The number of nitrogens with zero attached hydrogens (tertiary/aromatic N) is 1. The molecule has 1 fully saturated rings. The molecule has 5 heteroatoms. The number of hydrogen-bond donors (Lipinski definition) is 1. The van der Waals surface area contributed by atoms with Crippen molar-refractivity contribution in [3.8, 4) is 0 Å². The van der Waals surface area contributed by atoms with E-state index in [0.29, 0.717) is 0 Å². The zero-order valence-corrected chi connectivity index (χ0v) is 10.9. The molecule has 0 aliphatic carbocycles. The fourth-order valence-corrected chi connectivity index (χ4v) is 3.17. The van der Waals surface area contributed by atoms with Gasteiger partial charge in [-0.1, -0.05) is 0 Å². The summed E-state index contributed by atoms with van der Waals surface area (Å²) in [6.45, 7) is 4.49. The average molecular weight is 289 g/mol. The summed E-state index contributed by atoms with van der Waals surface area (Å²) >= 11 is 5.24. The Kier molecular flexibility index (Phi) is 3.43. The Balaban J connectivity index is 2.05. The molecule has 1 atom stereocenters. The highest BCUT2D eigenvalue weighted by Crippen LogP contribution is 2.25. The number of carbonyl (C=O) groups excluding carboxylic acids is 1. The van der Waals surface area contributed by atoms with E-state index in [1.165, 1.54) is 4.88 Å². The van der Waals surface area contributed by atoms with Gasteiger partial charge < -0.3 is 5.32 Å². The van der Waals surface area contributed by atoms with Gasteiger partial charge in [0.15, 0.2) is 0 Å². The molecular formula is C10H13BrN2OS. The van der Waals surface area contributed by atoms with Crippen molar-refractivity contribution < 1.29 is 4.79 Å². The molecule has 1 aromatic heterocycles. The van der Waals surface area contributed by atoms with Crippen molar-refractivity contribution in [2.45, 2.75) is 19.5 Å². The summed E-state index contributed by atoms with van der Waals surface area (Å²) in [6.07, 6.45) is 0. The molecule has 1 amide bonds. The zero-order valence-electron chi connectivity index (χ0n) is 8.50. The largest absolute Gasteiger partial charge is 0.353 e. The van der Waals surface area contributed by atoms with Gasteiger partial charge in [-0.3, -0.25) is 9.69 Å². The predicted octanol–water partition coefficient (Wildman–Crippen LogP) is 1.83. The highest BCUT2D eigenvalue weighted by Gasteiger charge is 2.25. The van der Waals surface area contributed by atoms with Crippen LogP contribution in [0, 0.1) is 0 Å². The van der Waals surface area contributed by atoms with Crippen LogP contribution in [0.15, 0.2) is 15.9 Å². The summed E-state index contributed by atoms with van der Waals surface area (Å²) in [5, 5.41) is 4.93. The molecule has 0 bridgehead atoms. The van der Waals surface area contributed by atoms with E-state index in [-0.39, 0.29) is 11.9 Å². The van der Waals surface area contributed by atoms with Crippen LogP contribution in [0.3, 0.4) is 0 Å². The van der Waals surface area contributed by atoms with E-state index in [0.717, 1.165) is 24.1 Å². The normalized spacial score (nSPS) is 22.8. The van der Waals surface area contributed by atoms with Crippen molar-refractivity contribution >= 4 is 33.2 Å². The summed E-state index contributed by atoms with van der Waals surface area (Å²) in [5.74, 6) is 0.133. The molecule has 0 saturated carbocycles. The molecule has 15 heavy (non-hydrogen) atoms. The summed E-state index contributed by atoms with van der Waals surface area (Å²) in [4.78, 5) is 14.9. The monoisotopic (exact) mass is 288 g/mol. The van der Waals surface area contributed by atoms with Crippen LogP contribution in [-0.4, -0.2) is 29.9 Å². The summed E-state index contributed by atoms with van der Waals surface area (Å²) in [6, 6.07) is 2.03. The van der Waals surface area contributed by atoms with E-state index >= 15 is 0 Å². The number of nitrogens with one attached hydrogen (secondary N) is 1. The number of rotatable bonds is 2. The van der Waals surface area contributed by atoms with Crippen molar-refractivity contribution in [1.29, 1.82) is 0 Å². The molecule has 0 radical (unpaired) electrons. The van der Waals surface area contributed by atoms with E-state index in [4.69, 9.17) is 0 Å². The summed E-state index contributed by atoms with van der Waals surface area (Å²) < 4.78 is 1.14. The molecule has 1 aliphatic heterocycles. The minimum Gasteiger partial charge on any atom is -0.353 e. The molecule has 1 saturated heterocycles. The number of thiophene rings is 1. The molecule has 2 heterocycles.